The van der Waals surface area contributed by atoms with E-state index in [2.05, 4.69) is 15.6 Å². The molecule has 2 heterocycles. The molecule has 6 heteroatoms. The minimum absolute atomic E-state index is 0.205. The van der Waals surface area contributed by atoms with Crippen LogP contribution in [0, 0.1) is 0 Å². The Morgan fingerprint density at radius 2 is 2.30 bits per heavy atom. The van der Waals surface area contributed by atoms with Gasteiger partial charge in [-0.25, -0.2) is 0 Å². The highest BCUT2D eigenvalue weighted by Gasteiger charge is 2.21. The van der Waals surface area contributed by atoms with Gasteiger partial charge >= 0.3 is 0 Å². The maximum absolute atomic E-state index is 11.8. The van der Waals surface area contributed by atoms with Gasteiger partial charge in [-0.3, -0.25) is 9.48 Å². The SMILES string of the molecule is Cn1cc(CNc2cccc(N3CCCC3=O)c2)nn1. The van der Waals surface area contributed by atoms with Gasteiger partial charge in [0.25, 0.3) is 0 Å². The van der Waals surface area contributed by atoms with Gasteiger partial charge in [0.15, 0.2) is 0 Å². The summed E-state index contributed by atoms with van der Waals surface area (Å²) in [6.07, 6.45) is 3.47. The molecule has 0 atom stereocenters. The molecule has 104 valence electrons. The Morgan fingerprint density at radius 3 is 3.00 bits per heavy atom. The van der Waals surface area contributed by atoms with Gasteiger partial charge in [-0.15, -0.1) is 5.10 Å². The third-order valence-corrected chi connectivity index (χ3v) is 3.35. The van der Waals surface area contributed by atoms with E-state index in [0.717, 1.165) is 30.0 Å². The van der Waals surface area contributed by atoms with Crippen LogP contribution in [-0.4, -0.2) is 27.4 Å². The van der Waals surface area contributed by atoms with Crippen molar-refractivity contribution >= 4 is 17.3 Å². The predicted octanol–water partition coefficient (Wildman–Crippen LogP) is 1.55. The molecule has 0 spiro atoms. The number of rotatable bonds is 4. The summed E-state index contributed by atoms with van der Waals surface area (Å²) in [7, 11) is 1.84. The third kappa shape index (κ3) is 2.64. The molecule has 0 bridgehead atoms. The summed E-state index contributed by atoms with van der Waals surface area (Å²) >= 11 is 0. The first-order valence-corrected chi connectivity index (χ1v) is 6.72. The van der Waals surface area contributed by atoms with E-state index >= 15 is 0 Å². The van der Waals surface area contributed by atoms with Gasteiger partial charge in [-0.2, -0.15) is 0 Å². The van der Waals surface area contributed by atoms with Crippen molar-refractivity contribution in [2.24, 2.45) is 7.05 Å². The molecule has 1 aromatic carbocycles. The molecule has 6 nitrogen and oxygen atoms in total. The average molecular weight is 271 g/mol. The lowest BCUT2D eigenvalue weighted by Crippen LogP contribution is -2.23. The molecule has 1 aliphatic rings. The minimum Gasteiger partial charge on any atom is -0.379 e. The lowest BCUT2D eigenvalue weighted by Gasteiger charge is -2.16. The smallest absolute Gasteiger partial charge is 0.227 e. The molecule has 0 aliphatic carbocycles. The molecule has 3 rings (SSSR count). The molecule has 1 amide bonds. The van der Waals surface area contributed by atoms with Gasteiger partial charge < -0.3 is 10.2 Å². The number of carbonyl (C=O) groups is 1. The Bertz CT molecular complexity index is 622. The van der Waals surface area contributed by atoms with Gasteiger partial charge in [-0.1, -0.05) is 11.3 Å². The van der Waals surface area contributed by atoms with Crippen LogP contribution >= 0.6 is 0 Å². The van der Waals surface area contributed by atoms with Crippen molar-refractivity contribution in [3.8, 4) is 0 Å². The van der Waals surface area contributed by atoms with Gasteiger partial charge in [0, 0.05) is 37.6 Å². The number of hydrogen-bond donors (Lipinski definition) is 1. The second kappa shape index (κ2) is 5.32. The maximum atomic E-state index is 11.8. The molecule has 2 aromatic rings. The summed E-state index contributed by atoms with van der Waals surface area (Å²) in [6.45, 7) is 1.43. The van der Waals surface area contributed by atoms with Crippen LogP contribution in [0.25, 0.3) is 0 Å². The molecular weight excluding hydrogens is 254 g/mol. The molecule has 1 fully saturated rings. The van der Waals surface area contributed by atoms with Crippen molar-refractivity contribution in [1.29, 1.82) is 0 Å². The normalized spacial score (nSPS) is 14.8. The first-order valence-electron chi connectivity index (χ1n) is 6.72. The van der Waals surface area contributed by atoms with Crippen LogP contribution in [0.1, 0.15) is 18.5 Å². The standard InChI is InChI=1S/C14H17N5O/c1-18-10-12(16-17-18)9-15-11-4-2-5-13(8-11)19-7-3-6-14(19)20/h2,4-5,8,10,15H,3,6-7,9H2,1H3. The van der Waals surface area contributed by atoms with Crippen LogP contribution in [0.15, 0.2) is 30.5 Å². The van der Waals surface area contributed by atoms with Crippen LogP contribution < -0.4 is 10.2 Å². The number of aryl methyl sites for hydroxylation is 1. The van der Waals surface area contributed by atoms with E-state index in [1.54, 1.807) is 4.68 Å². The summed E-state index contributed by atoms with van der Waals surface area (Å²) in [5.41, 5.74) is 2.82. The average Bonchev–Trinajstić information content (AvgIpc) is 3.05. The van der Waals surface area contributed by atoms with Gasteiger partial charge in [0.05, 0.1) is 6.54 Å². The largest absolute Gasteiger partial charge is 0.379 e. The molecule has 20 heavy (non-hydrogen) atoms. The van der Waals surface area contributed by atoms with Crippen molar-refractivity contribution in [1.82, 2.24) is 15.0 Å². The van der Waals surface area contributed by atoms with Crippen molar-refractivity contribution in [3.05, 3.63) is 36.2 Å². The topological polar surface area (TPSA) is 63.1 Å². The van der Waals surface area contributed by atoms with Crippen molar-refractivity contribution in [2.45, 2.75) is 19.4 Å². The summed E-state index contributed by atoms with van der Waals surface area (Å²) in [5.74, 6) is 0.205. The molecule has 1 N–H and O–H groups in total. The first kappa shape index (κ1) is 12.7. The summed E-state index contributed by atoms with van der Waals surface area (Å²) in [6, 6.07) is 7.91. The minimum atomic E-state index is 0.205. The number of anilines is 2. The predicted molar refractivity (Wildman–Crippen MR) is 76.4 cm³/mol. The van der Waals surface area contributed by atoms with Crippen LogP contribution in [0.2, 0.25) is 0 Å². The Labute approximate surface area is 117 Å². The first-order chi connectivity index (χ1) is 9.72. The Morgan fingerprint density at radius 1 is 1.40 bits per heavy atom. The quantitative estimate of drug-likeness (QED) is 0.916. The fourth-order valence-electron chi connectivity index (χ4n) is 2.37. The Balaban J connectivity index is 1.69. The lowest BCUT2D eigenvalue weighted by molar-refractivity contribution is -0.117. The molecule has 1 saturated heterocycles. The molecule has 0 saturated carbocycles. The van der Waals surface area contributed by atoms with Gasteiger partial charge in [0.1, 0.15) is 5.69 Å². The fraction of sp³-hybridized carbons (Fsp3) is 0.357. The number of nitrogens with zero attached hydrogens (tertiary/aromatic N) is 4. The van der Waals surface area contributed by atoms with E-state index in [4.69, 9.17) is 0 Å². The Kier molecular flexibility index (Phi) is 3.37. The van der Waals surface area contributed by atoms with E-state index in [0.29, 0.717) is 13.0 Å². The third-order valence-electron chi connectivity index (χ3n) is 3.35. The number of hydrogen-bond acceptors (Lipinski definition) is 4. The molecular formula is C14H17N5O. The number of amides is 1. The fourth-order valence-corrected chi connectivity index (χ4v) is 2.37. The van der Waals surface area contributed by atoms with Gasteiger partial charge in [-0.05, 0) is 24.6 Å². The second-order valence-electron chi connectivity index (χ2n) is 4.94. The highest BCUT2D eigenvalue weighted by molar-refractivity contribution is 5.95. The van der Waals surface area contributed by atoms with Crippen LogP contribution in [0.4, 0.5) is 11.4 Å². The van der Waals surface area contributed by atoms with E-state index in [1.165, 1.54) is 0 Å². The van der Waals surface area contributed by atoms with E-state index in [-0.39, 0.29) is 5.91 Å². The number of benzene rings is 1. The molecule has 1 aromatic heterocycles. The zero-order chi connectivity index (χ0) is 13.9. The molecule has 0 radical (unpaired) electrons. The highest BCUT2D eigenvalue weighted by atomic mass is 16.2. The zero-order valence-corrected chi connectivity index (χ0v) is 11.4. The number of nitrogens with one attached hydrogen (secondary N) is 1. The monoisotopic (exact) mass is 271 g/mol. The van der Waals surface area contributed by atoms with E-state index in [1.807, 2.05) is 42.4 Å². The van der Waals surface area contributed by atoms with Crippen molar-refractivity contribution < 1.29 is 4.79 Å². The zero-order valence-electron chi connectivity index (χ0n) is 11.4. The van der Waals surface area contributed by atoms with Crippen molar-refractivity contribution in [2.75, 3.05) is 16.8 Å². The van der Waals surface area contributed by atoms with Crippen LogP contribution in [-0.2, 0) is 18.4 Å². The van der Waals surface area contributed by atoms with Gasteiger partial charge in [0.2, 0.25) is 5.91 Å². The number of aromatic nitrogens is 3. The van der Waals surface area contributed by atoms with Crippen LogP contribution in [0.3, 0.4) is 0 Å². The van der Waals surface area contributed by atoms with Crippen LogP contribution in [0.5, 0.6) is 0 Å². The number of carbonyl (C=O) groups excluding carboxylic acids is 1. The summed E-state index contributed by atoms with van der Waals surface area (Å²) < 4.78 is 1.68. The van der Waals surface area contributed by atoms with E-state index < -0.39 is 0 Å². The second-order valence-corrected chi connectivity index (χ2v) is 4.94. The summed E-state index contributed by atoms with van der Waals surface area (Å²) in [5, 5.41) is 11.2. The molecule has 1 aliphatic heterocycles. The van der Waals surface area contributed by atoms with Crippen molar-refractivity contribution in [3.63, 3.8) is 0 Å². The summed E-state index contributed by atoms with van der Waals surface area (Å²) in [4.78, 5) is 13.6. The highest BCUT2D eigenvalue weighted by Crippen LogP contribution is 2.24. The maximum Gasteiger partial charge on any atom is 0.227 e. The lowest BCUT2D eigenvalue weighted by atomic mass is 10.2. The molecule has 0 unspecified atom stereocenters. The van der Waals surface area contributed by atoms with E-state index in [9.17, 15) is 4.79 Å². The Hall–Kier alpha value is -2.37.